The second kappa shape index (κ2) is 7.65. The van der Waals surface area contributed by atoms with Gasteiger partial charge in [-0.15, -0.1) is 0 Å². The third kappa shape index (κ3) is 6.36. The SMILES string of the molecule is CSC(C)CNCC(CN)C(C)C. The Morgan fingerprint density at radius 2 is 1.85 bits per heavy atom. The Labute approximate surface area is 87.0 Å². The van der Waals surface area contributed by atoms with Crippen molar-refractivity contribution in [3.63, 3.8) is 0 Å². The molecule has 0 bridgehead atoms. The fourth-order valence-corrected chi connectivity index (χ4v) is 1.43. The number of hydrogen-bond donors (Lipinski definition) is 2. The lowest BCUT2D eigenvalue weighted by Crippen LogP contribution is -2.34. The van der Waals surface area contributed by atoms with E-state index in [1.54, 1.807) is 0 Å². The molecule has 2 nitrogen and oxygen atoms in total. The van der Waals surface area contributed by atoms with Crippen molar-refractivity contribution in [3.8, 4) is 0 Å². The molecule has 0 aromatic heterocycles. The highest BCUT2D eigenvalue weighted by molar-refractivity contribution is 7.99. The average molecular weight is 204 g/mol. The summed E-state index contributed by atoms with van der Waals surface area (Å²) in [5.41, 5.74) is 5.68. The maximum absolute atomic E-state index is 5.68. The first-order valence-electron chi connectivity index (χ1n) is 5.05. The molecule has 2 atom stereocenters. The van der Waals surface area contributed by atoms with Crippen molar-refractivity contribution in [1.82, 2.24) is 5.32 Å². The van der Waals surface area contributed by atoms with Crippen molar-refractivity contribution >= 4 is 11.8 Å². The van der Waals surface area contributed by atoms with E-state index >= 15 is 0 Å². The average Bonchev–Trinajstić information content (AvgIpc) is 2.11. The van der Waals surface area contributed by atoms with Crippen LogP contribution >= 0.6 is 11.8 Å². The summed E-state index contributed by atoms with van der Waals surface area (Å²) in [4.78, 5) is 0. The van der Waals surface area contributed by atoms with Gasteiger partial charge in [0.05, 0.1) is 0 Å². The molecule has 13 heavy (non-hydrogen) atoms. The smallest absolute Gasteiger partial charge is 0.0141 e. The standard InChI is InChI=1S/C10H24N2S/c1-8(2)10(5-11)7-12-6-9(3)13-4/h8-10,12H,5-7,11H2,1-4H3. The molecular formula is C10H24N2S. The molecule has 0 aromatic rings. The summed E-state index contributed by atoms with van der Waals surface area (Å²) in [5, 5.41) is 4.17. The Morgan fingerprint density at radius 3 is 2.23 bits per heavy atom. The van der Waals surface area contributed by atoms with E-state index in [4.69, 9.17) is 5.73 Å². The van der Waals surface area contributed by atoms with Gasteiger partial charge in [-0.05, 0) is 31.2 Å². The van der Waals surface area contributed by atoms with E-state index < -0.39 is 0 Å². The zero-order valence-corrected chi connectivity index (χ0v) is 10.2. The minimum absolute atomic E-state index is 0.619. The summed E-state index contributed by atoms with van der Waals surface area (Å²) in [6.45, 7) is 9.64. The molecule has 0 aromatic carbocycles. The predicted octanol–water partition coefficient (Wildman–Crippen LogP) is 1.56. The van der Waals surface area contributed by atoms with Gasteiger partial charge in [-0.3, -0.25) is 0 Å². The number of rotatable bonds is 7. The highest BCUT2D eigenvalue weighted by atomic mass is 32.2. The Hall–Kier alpha value is 0.270. The molecular weight excluding hydrogens is 180 g/mol. The highest BCUT2D eigenvalue weighted by Crippen LogP contribution is 2.08. The van der Waals surface area contributed by atoms with Gasteiger partial charge in [0.1, 0.15) is 0 Å². The molecule has 3 N–H and O–H groups in total. The van der Waals surface area contributed by atoms with Gasteiger partial charge in [-0.2, -0.15) is 11.8 Å². The van der Waals surface area contributed by atoms with Crippen LogP contribution in [0.1, 0.15) is 20.8 Å². The maximum atomic E-state index is 5.68. The second-order valence-corrected chi connectivity index (χ2v) is 5.22. The summed E-state index contributed by atoms with van der Waals surface area (Å²) in [6, 6.07) is 0. The molecule has 0 fully saturated rings. The molecule has 0 aliphatic heterocycles. The van der Waals surface area contributed by atoms with Crippen molar-refractivity contribution < 1.29 is 0 Å². The zero-order valence-electron chi connectivity index (χ0n) is 9.34. The number of nitrogens with one attached hydrogen (secondary N) is 1. The highest BCUT2D eigenvalue weighted by Gasteiger charge is 2.10. The van der Waals surface area contributed by atoms with Crippen molar-refractivity contribution in [2.75, 3.05) is 25.9 Å². The lowest BCUT2D eigenvalue weighted by molar-refractivity contribution is 0.372. The van der Waals surface area contributed by atoms with E-state index in [2.05, 4.69) is 32.3 Å². The molecule has 0 heterocycles. The van der Waals surface area contributed by atoms with Crippen LogP contribution in [0.3, 0.4) is 0 Å². The number of hydrogen-bond acceptors (Lipinski definition) is 3. The van der Waals surface area contributed by atoms with E-state index in [-0.39, 0.29) is 0 Å². The van der Waals surface area contributed by atoms with E-state index in [0.717, 1.165) is 19.6 Å². The molecule has 0 saturated carbocycles. The largest absolute Gasteiger partial charge is 0.330 e. The minimum Gasteiger partial charge on any atom is -0.330 e. The summed E-state index contributed by atoms with van der Waals surface area (Å²) < 4.78 is 0. The first-order chi connectivity index (χ1) is 6.11. The number of thioether (sulfide) groups is 1. The van der Waals surface area contributed by atoms with Crippen LogP contribution in [-0.2, 0) is 0 Å². The molecule has 2 unspecified atom stereocenters. The van der Waals surface area contributed by atoms with E-state index in [1.807, 2.05) is 11.8 Å². The van der Waals surface area contributed by atoms with Gasteiger partial charge in [0.15, 0.2) is 0 Å². The van der Waals surface area contributed by atoms with Crippen LogP contribution in [0, 0.1) is 11.8 Å². The lowest BCUT2D eigenvalue weighted by atomic mass is 9.96. The third-order valence-electron chi connectivity index (χ3n) is 2.49. The van der Waals surface area contributed by atoms with Crippen LogP contribution < -0.4 is 11.1 Å². The summed E-state index contributed by atoms with van der Waals surface area (Å²) in [7, 11) is 0. The van der Waals surface area contributed by atoms with Crippen LogP contribution in [0.15, 0.2) is 0 Å². The normalized spacial score (nSPS) is 16.2. The summed E-state index contributed by atoms with van der Waals surface area (Å²) >= 11 is 1.90. The first kappa shape index (κ1) is 13.3. The fourth-order valence-electron chi connectivity index (χ4n) is 1.15. The van der Waals surface area contributed by atoms with E-state index in [1.165, 1.54) is 0 Å². The summed E-state index contributed by atoms with van der Waals surface area (Å²) in [6.07, 6.45) is 2.15. The molecule has 0 spiro atoms. The van der Waals surface area contributed by atoms with E-state index in [0.29, 0.717) is 17.1 Å². The molecule has 0 aliphatic carbocycles. The Morgan fingerprint density at radius 1 is 1.23 bits per heavy atom. The lowest BCUT2D eigenvalue weighted by Gasteiger charge is -2.20. The van der Waals surface area contributed by atoms with Crippen LogP contribution in [0.25, 0.3) is 0 Å². The van der Waals surface area contributed by atoms with Gasteiger partial charge in [0, 0.05) is 11.8 Å². The van der Waals surface area contributed by atoms with Crippen LogP contribution in [0.5, 0.6) is 0 Å². The molecule has 0 saturated heterocycles. The Bertz CT molecular complexity index is 117. The number of nitrogens with two attached hydrogens (primary N) is 1. The van der Waals surface area contributed by atoms with Crippen LogP contribution in [-0.4, -0.2) is 31.1 Å². The zero-order chi connectivity index (χ0) is 10.3. The van der Waals surface area contributed by atoms with Gasteiger partial charge in [-0.25, -0.2) is 0 Å². The first-order valence-corrected chi connectivity index (χ1v) is 6.34. The molecule has 0 amide bonds. The maximum Gasteiger partial charge on any atom is 0.0141 e. The molecule has 0 aliphatic rings. The van der Waals surface area contributed by atoms with Crippen LogP contribution in [0.2, 0.25) is 0 Å². The molecule has 0 radical (unpaired) electrons. The van der Waals surface area contributed by atoms with E-state index in [9.17, 15) is 0 Å². The van der Waals surface area contributed by atoms with Crippen molar-refractivity contribution in [2.45, 2.75) is 26.0 Å². The Kier molecular flexibility index (Phi) is 7.81. The van der Waals surface area contributed by atoms with Crippen molar-refractivity contribution in [3.05, 3.63) is 0 Å². The van der Waals surface area contributed by atoms with Crippen LogP contribution in [0.4, 0.5) is 0 Å². The van der Waals surface area contributed by atoms with Gasteiger partial charge in [-0.1, -0.05) is 20.8 Å². The topological polar surface area (TPSA) is 38.0 Å². The monoisotopic (exact) mass is 204 g/mol. The van der Waals surface area contributed by atoms with Gasteiger partial charge >= 0.3 is 0 Å². The van der Waals surface area contributed by atoms with Gasteiger partial charge in [0.2, 0.25) is 0 Å². The molecule has 3 heteroatoms. The minimum atomic E-state index is 0.619. The molecule has 80 valence electrons. The summed E-state index contributed by atoms with van der Waals surface area (Å²) in [5.74, 6) is 1.30. The van der Waals surface area contributed by atoms with Crippen molar-refractivity contribution in [2.24, 2.45) is 17.6 Å². The molecule has 0 rings (SSSR count). The fraction of sp³-hybridized carbons (Fsp3) is 1.00. The van der Waals surface area contributed by atoms with Gasteiger partial charge < -0.3 is 11.1 Å². The van der Waals surface area contributed by atoms with Gasteiger partial charge in [0.25, 0.3) is 0 Å². The Balaban J connectivity index is 3.49. The third-order valence-corrected chi connectivity index (χ3v) is 3.46. The quantitative estimate of drug-likeness (QED) is 0.661. The van der Waals surface area contributed by atoms with Crippen molar-refractivity contribution in [1.29, 1.82) is 0 Å². The predicted molar refractivity (Wildman–Crippen MR) is 63.2 cm³/mol. The second-order valence-electron chi connectivity index (χ2n) is 3.94.